The van der Waals surface area contributed by atoms with Crippen molar-refractivity contribution in [3.05, 3.63) is 28.8 Å². The van der Waals surface area contributed by atoms with Crippen LogP contribution in [0.1, 0.15) is 30.5 Å². The Kier molecular flexibility index (Phi) is 4.12. The molecule has 0 spiro atoms. The standard InChI is InChI=1S/C11H18N2S2/c1-3-7-5-6-9(11(12,13)15)10(14)8(7)4-2/h5-6,14-15H,3-4,12-13H2,1-2H3. The van der Waals surface area contributed by atoms with Gasteiger partial charge in [0.25, 0.3) is 0 Å². The number of nitrogens with two attached hydrogens (primary N) is 2. The molecule has 1 rings (SSSR count). The second-order valence-electron chi connectivity index (χ2n) is 3.63. The van der Waals surface area contributed by atoms with Crippen LogP contribution in [-0.2, 0) is 17.8 Å². The molecule has 0 bridgehead atoms. The number of hydrogen-bond acceptors (Lipinski definition) is 4. The van der Waals surface area contributed by atoms with Gasteiger partial charge >= 0.3 is 0 Å². The summed E-state index contributed by atoms with van der Waals surface area (Å²) >= 11 is 8.67. The Morgan fingerprint density at radius 3 is 2.20 bits per heavy atom. The first kappa shape index (κ1) is 12.9. The molecular weight excluding hydrogens is 224 g/mol. The van der Waals surface area contributed by atoms with Crippen LogP contribution in [0.3, 0.4) is 0 Å². The highest BCUT2D eigenvalue weighted by atomic mass is 32.1. The second-order valence-corrected chi connectivity index (χ2v) is 4.82. The first-order valence-corrected chi connectivity index (χ1v) is 5.95. The highest BCUT2D eigenvalue weighted by Gasteiger charge is 2.21. The van der Waals surface area contributed by atoms with E-state index in [0.717, 1.165) is 23.3 Å². The molecule has 0 aliphatic carbocycles. The molecule has 0 fully saturated rings. The van der Waals surface area contributed by atoms with E-state index in [4.69, 9.17) is 11.5 Å². The Hall–Kier alpha value is -0.160. The highest BCUT2D eigenvalue weighted by Crippen LogP contribution is 2.29. The van der Waals surface area contributed by atoms with E-state index in [1.54, 1.807) is 0 Å². The van der Waals surface area contributed by atoms with Crippen LogP contribution < -0.4 is 11.5 Å². The molecule has 0 atom stereocenters. The van der Waals surface area contributed by atoms with Crippen molar-refractivity contribution in [1.29, 1.82) is 0 Å². The Morgan fingerprint density at radius 1 is 1.20 bits per heavy atom. The van der Waals surface area contributed by atoms with Crippen LogP contribution in [0, 0.1) is 0 Å². The van der Waals surface area contributed by atoms with Gasteiger partial charge in [0.1, 0.15) is 4.99 Å². The van der Waals surface area contributed by atoms with Crippen molar-refractivity contribution in [3.8, 4) is 0 Å². The van der Waals surface area contributed by atoms with Gasteiger partial charge < -0.3 is 11.5 Å². The minimum Gasteiger partial charge on any atom is -0.301 e. The fraction of sp³-hybridized carbons (Fsp3) is 0.455. The van der Waals surface area contributed by atoms with E-state index < -0.39 is 4.99 Å². The molecule has 0 aromatic heterocycles. The molecule has 1 aromatic rings. The lowest BCUT2D eigenvalue weighted by molar-refractivity contribution is 0.682. The number of aryl methyl sites for hydroxylation is 1. The van der Waals surface area contributed by atoms with E-state index in [1.165, 1.54) is 11.1 Å². The molecule has 2 nitrogen and oxygen atoms in total. The zero-order chi connectivity index (χ0) is 11.6. The largest absolute Gasteiger partial charge is 0.301 e. The summed E-state index contributed by atoms with van der Waals surface area (Å²) in [4.78, 5) is -0.246. The third-order valence-electron chi connectivity index (χ3n) is 2.55. The number of thiol groups is 2. The number of benzene rings is 1. The lowest BCUT2D eigenvalue weighted by Gasteiger charge is -2.23. The molecule has 0 heterocycles. The monoisotopic (exact) mass is 242 g/mol. The van der Waals surface area contributed by atoms with Crippen molar-refractivity contribution in [1.82, 2.24) is 0 Å². The molecule has 4 N–H and O–H groups in total. The fourth-order valence-electron chi connectivity index (χ4n) is 1.73. The number of rotatable bonds is 3. The van der Waals surface area contributed by atoms with Crippen LogP contribution in [-0.4, -0.2) is 0 Å². The fourth-order valence-corrected chi connectivity index (χ4v) is 2.56. The minimum absolute atomic E-state index is 0.781. The maximum absolute atomic E-state index is 5.77. The third-order valence-corrected chi connectivity index (χ3v) is 3.30. The summed E-state index contributed by atoms with van der Waals surface area (Å²) in [6.07, 6.45) is 1.92. The lowest BCUT2D eigenvalue weighted by atomic mass is 9.98. The van der Waals surface area contributed by atoms with E-state index in [-0.39, 0.29) is 0 Å². The quantitative estimate of drug-likeness (QED) is 0.484. The molecule has 4 heteroatoms. The van der Waals surface area contributed by atoms with Crippen LogP contribution >= 0.6 is 25.3 Å². The van der Waals surface area contributed by atoms with Gasteiger partial charge in [-0.3, -0.25) is 0 Å². The summed E-state index contributed by atoms with van der Waals surface area (Å²) in [5, 5.41) is 0. The average molecular weight is 242 g/mol. The second kappa shape index (κ2) is 4.78. The predicted octanol–water partition coefficient (Wildman–Crippen LogP) is 2.06. The van der Waals surface area contributed by atoms with E-state index in [1.807, 2.05) is 6.07 Å². The molecule has 1 aromatic carbocycles. The van der Waals surface area contributed by atoms with Gasteiger partial charge in [0, 0.05) is 10.5 Å². The first-order valence-electron chi connectivity index (χ1n) is 5.06. The van der Waals surface area contributed by atoms with Crippen LogP contribution in [0.15, 0.2) is 17.0 Å². The van der Waals surface area contributed by atoms with Gasteiger partial charge in [0.05, 0.1) is 0 Å². The molecule has 0 saturated carbocycles. The Labute approximate surface area is 102 Å². The predicted molar refractivity (Wildman–Crippen MR) is 71.5 cm³/mol. The molecule has 0 amide bonds. The van der Waals surface area contributed by atoms with Crippen LogP contribution in [0.2, 0.25) is 0 Å². The average Bonchev–Trinajstić information content (AvgIpc) is 2.15. The van der Waals surface area contributed by atoms with Crippen molar-refractivity contribution in [2.24, 2.45) is 11.5 Å². The zero-order valence-corrected chi connectivity index (χ0v) is 10.9. The van der Waals surface area contributed by atoms with Crippen molar-refractivity contribution in [2.75, 3.05) is 0 Å². The van der Waals surface area contributed by atoms with Gasteiger partial charge in [-0.2, -0.15) is 0 Å². The highest BCUT2D eigenvalue weighted by molar-refractivity contribution is 7.81. The molecule has 0 unspecified atom stereocenters. The van der Waals surface area contributed by atoms with E-state index >= 15 is 0 Å². The summed E-state index contributed by atoms with van der Waals surface area (Å²) in [5.41, 5.74) is 14.8. The van der Waals surface area contributed by atoms with Gasteiger partial charge in [-0.25, -0.2) is 0 Å². The van der Waals surface area contributed by atoms with Crippen molar-refractivity contribution in [3.63, 3.8) is 0 Å². The molecule has 0 aliphatic rings. The zero-order valence-electron chi connectivity index (χ0n) is 9.12. The SMILES string of the molecule is CCc1ccc(C(N)(N)S)c(S)c1CC. The van der Waals surface area contributed by atoms with Gasteiger partial charge in [0.15, 0.2) is 0 Å². The maximum atomic E-state index is 5.77. The van der Waals surface area contributed by atoms with Crippen molar-refractivity contribution in [2.45, 2.75) is 36.6 Å². The van der Waals surface area contributed by atoms with Gasteiger partial charge in [-0.05, 0) is 24.0 Å². The summed E-state index contributed by atoms with van der Waals surface area (Å²) < 4.78 is 0. The molecule has 0 aliphatic heterocycles. The summed E-state index contributed by atoms with van der Waals surface area (Å²) in [7, 11) is 0. The smallest absolute Gasteiger partial charge is 0.136 e. The minimum atomic E-state index is -1.12. The third kappa shape index (κ3) is 2.69. The first-order chi connectivity index (χ1) is 6.91. The van der Waals surface area contributed by atoms with Gasteiger partial charge in [-0.1, -0.05) is 26.0 Å². The van der Waals surface area contributed by atoms with Crippen LogP contribution in [0.25, 0.3) is 0 Å². The molecule has 0 saturated heterocycles. The van der Waals surface area contributed by atoms with Crippen LogP contribution in [0.4, 0.5) is 0 Å². The maximum Gasteiger partial charge on any atom is 0.136 e. The summed E-state index contributed by atoms with van der Waals surface area (Å²) in [6, 6.07) is 3.96. The van der Waals surface area contributed by atoms with E-state index in [0.29, 0.717) is 0 Å². The van der Waals surface area contributed by atoms with Crippen molar-refractivity contribution >= 4 is 25.3 Å². The van der Waals surface area contributed by atoms with Gasteiger partial charge in [0.2, 0.25) is 0 Å². The van der Waals surface area contributed by atoms with E-state index in [2.05, 4.69) is 45.2 Å². The molecular formula is C11H18N2S2. The molecule has 0 radical (unpaired) electrons. The van der Waals surface area contributed by atoms with Crippen molar-refractivity contribution < 1.29 is 0 Å². The Morgan fingerprint density at radius 2 is 1.80 bits per heavy atom. The Balaban J connectivity index is 3.36. The number of hydrogen-bond donors (Lipinski definition) is 4. The van der Waals surface area contributed by atoms with Gasteiger partial charge in [-0.15, -0.1) is 25.3 Å². The van der Waals surface area contributed by atoms with Crippen LogP contribution in [0.5, 0.6) is 0 Å². The topological polar surface area (TPSA) is 52.0 Å². The molecule has 84 valence electrons. The normalized spacial score (nSPS) is 11.9. The summed E-state index contributed by atoms with van der Waals surface area (Å²) in [6.45, 7) is 4.23. The lowest BCUT2D eigenvalue weighted by Crippen LogP contribution is -2.40. The Bertz CT molecular complexity index is 356. The summed E-state index contributed by atoms with van der Waals surface area (Å²) in [5.74, 6) is 0. The molecule has 15 heavy (non-hydrogen) atoms. The van der Waals surface area contributed by atoms with E-state index in [9.17, 15) is 0 Å².